The fraction of sp³-hybridized carbons (Fsp3) is 0.647. The molecule has 114 valence electrons. The number of rotatable bonds is 9. The average molecular weight is 279 g/mol. The van der Waals surface area contributed by atoms with Gasteiger partial charge in [0.15, 0.2) is 0 Å². The molecule has 0 spiro atoms. The summed E-state index contributed by atoms with van der Waals surface area (Å²) in [4.78, 5) is 0. The largest absolute Gasteiger partial charge is 0.491 e. The molecule has 0 heterocycles. The molecule has 3 nitrogen and oxygen atoms in total. The number of hydrogen-bond donors (Lipinski definition) is 2. The summed E-state index contributed by atoms with van der Waals surface area (Å²) in [5.41, 5.74) is 1.29. The second-order valence-electron chi connectivity index (χ2n) is 5.54. The minimum atomic E-state index is -0.479. The molecule has 1 rings (SSSR count). The van der Waals surface area contributed by atoms with E-state index < -0.39 is 6.10 Å². The predicted molar refractivity (Wildman–Crippen MR) is 84.2 cm³/mol. The van der Waals surface area contributed by atoms with Crippen molar-refractivity contribution in [3.05, 3.63) is 29.8 Å². The highest BCUT2D eigenvalue weighted by Gasteiger charge is 2.12. The summed E-state index contributed by atoms with van der Waals surface area (Å²) in [5.74, 6) is 1.43. The minimum Gasteiger partial charge on any atom is -0.491 e. The highest BCUT2D eigenvalue weighted by atomic mass is 16.5. The van der Waals surface area contributed by atoms with E-state index in [-0.39, 0.29) is 0 Å². The van der Waals surface area contributed by atoms with Crippen molar-refractivity contribution in [3.63, 3.8) is 0 Å². The van der Waals surface area contributed by atoms with Crippen LogP contribution in [0.1, 0.15) is 39.7 Å². The summed E-state index contributed by atoms with van der Waals surface area (Å²) in [7, 11) is 0. The molecule has 0 saturated heterocycles. The zero-order valence-electron chi connectivity index (χ0n) is 13.2. The van der Waals surface area contributed by atoms with Gasteiger partial charge in [0.2, 0.25) is 0 Å². The van der Waals surface area contributed by atoms with Crippen molar-refractivity contribution in [2.45, 2.75) is 52.7 Å². The first-order valence-electron chi connectivity index (χ1n) is 7.70. The molecule has 0 aliphatic rings. The molecule has 0 aromatic heterocycles. The lowest BCUT2D eigenvalue weighted by Gasteiger charge is -2.22. The van der Waals surface area contributed by atoms with Crippen LogP contribution in [0.4, 0.5) is 0 Å². The summed E-state index contributed by atoms with van der Waals surface area (Å²) in [6.07, 6.45) is 1.69. The first-order chi connectivity index (χ1) is 9.56. The molecule has 0 fully saturated rings. The van der Waals surface area contributed by atoms with Crippen molar-refractivity contribution < 1.29 is 9.84 Å². The SMILES string of the molecule is CCc1ccc(OCC(O)CNC(C)C(C)CC)cc1. The van der Waals surface area contributed by atoms with E-state index in [1.165, 1.54) is 5.56 Å². The van der Waals surface area contributed by atoms with Crippen LogP contribution < -0.4 is 10.1 Å². The Morgan fingerprint density at radius 2 is 1.80 bits per heavy atom. The van der Waals surface area contributed by atoms with E-state index in [9.17, 15) is 5.11 Å². The standard InChI is InChI=1S/C17H29NO2/c1-5-13(3)14(4)18-11-16(19)12-20-17-9-7-15(6-2)8-10-17/h7-10,13-14,16,18-19H,5-6,11-12H2,1-4H3. The number of hydrogen-bond acceptors (Lipinski definition) is 3. The number of aliphatic hydroxyl groups is 1. The van der Waals surface area contributed by atoms with Gasteiger partial charge in [-0.05, 0) is 37.0 Å². The molecule has 0 amide bonds. The van der Waals surface area contributed by atoms with Gasteiger partial charge in [-0.25, -0.2) is 0 Å². The Labute approximate surface area is 123 Å². The maximum atomic E-state index is 9.93. The molecule has 1 aromatic rings. The van der Waals surface area contributed by atoms with Crippen LogP contribution in [-0.2, 0) is 6.42 Å². The van der Waals surface area contributed by atoms with Crippen molar-refractivity contribution in [1.82, 2.24) is 5.32 Å². The van der Waals surface area contributed by atoms with E-state index in [1.807, 2.05) is 12.1 Å². The Bertz CT molecular complexity index is 364. The van der Waals surface area contributed by atoms with E-state index in [1.54, 1.807) is 0 Å². The lowest BCUT2D eigenvalue weighted by molar-refractivity contribution is 0.102. The van der Waals surface area contributed by atoms with Gasteiger partial charge < -0.3 is 15.2 Å². The Balaban J connectivity index is 2.26. The summed E-state index contributed by atoms with van der Waals surface area (Å²) in [6.45, 7) is 9.58. The molecule has 1 aromatic carbocycles. The molecule has 3 atom stereocenters. The molecule has 0 bridgehead atoms. The van der Waals surface area contributed by atoms with Crippen LogP contribution in [0.3, 0.4) is 0 Å². The third-order valence-electron chi connectivity index (χ3n) is 3.95. The van der Waals surface area contributed by atoms with Crippen molar-refractivity contribution >= 4 is 0 Å². The zero-order chi connectivity index (χ0) is 15.0. The van der Waals surface area contributed by atoms with Gasteiger partial charge in [0.1, 0.15) is 18.5 Å². The van der Waals surface area contributed by atoms with Crippen LogP contribution in [0.5, 0.6) is 5.75 Å². The topological polar surface area (TPSA) is 41.5 Å². The number of benzene rings is 1. The first kappa shape index (κ1) is 17.0. The Hall–Kier alpha value is -1.06. The number of ether oxygens (including phenoxy) is 1. The van der Waals surface area contributed by atoms with Crippen molar-refractivity contribution in [3.8, 4) is 5.75 Å². The third kappa shape index (κ3) is 5.93. The molecular weight excluding hydrogens is 250 g/mol. The van der Waals surface area contributed by atoms with E-state index in [0.29, 0.717) is 25.1 Å². The predicted octanol–water partition coefficient (Wildman–Crippen LogP) is 3.01. The van der Waals surface area contributed by atoms with Gasteiger partial charge >= 0.3 is 0 Å². The quantitative estimate of drug-likeness (QED) is 0.730. The lowest BCUT2D eigenvalue weighted by Crippen LogP contribution is -2.39. The molecule has 0 aliphatic carbocycles. The summed E-state index contributed by atoms with van der Waals surface area (Å²) < 4.78 is 5.60. The summed E-state index contributed by atoms with van der Waals surface area (Å²) >= 11 is 0. The first-order valence-corrected chi connectivity index (χ1v) is 7.70. The molecule has 3 heteroatoms. The van der Waals surface area contributed by atoms with Crippen molar-refractivity contribution in [1.29, 1.82) is 0 Å². The smallest absolute Gasteiger partial charge is 0.119 e. The highest BCUT2D eigenvalue weighted by Crippen LogP contribution is 2.12. The zero-order valence-corrected chi connectivity index (χ0v) is 13.2. The van der Waals surface area contributed by atoms with Gasteiger partial charge in [-0.15, -0.1) is 0 Å². The van der Waals surface area contributed by atoms with E-state index in [0.717, 1.165) is 18.6 Å². The monoisotopic (exact) mass is 279 g/mol. The fourth-order valence-electron chi connectivity index (χ4n) is 1.95. The molecule has 0 radical (unpaired) electrons. The van der Waals surface area contributed by atoms with Crippen LogP contribution in [0.25, 0.3) is 0 Å². The minimum absolute atomic E-state index is 0.325. The molecule has 3 unspecified atom stereocenters. The molecule has 0 saturated carbocycles. The van der Waals surface area contributed by atoms with Crippen LogP contribution in [0, 0.1) is 5.92 Å². The average Bonchev–Trinajstić information content (AvgIpc) is 2.50. The van der Waals surface area contributed by atoms with Crippen molar-refractivity contribution in [2.75, 3.05) is 13.2 Å². The second-order valence-corrected chi connectivity index (χ2v) is 5.54. The normalized spacial score (nSPS) is 15.7. The number of nitrogens with one attached hydrogen (secondary N) is 1. The Morgan fingerprint density at radius 3 is 2.35 bits per heavy atom. The fourth-order valence-corrected chi connectivity index (χ4v) is 1.95. The summed E-state index contributed by atoms with van der Waals surface area (Å²) in [6, 6.07) is 8.45. The second kappa shape index (κ2) is 8.98. The number of aryl methyl sites for hydroxylation is 1. The van der Waals surface area contributed by atoms with Gasteiger partial charge in [-0.1, -0.05) is 39.3 Å². The van der Waals surface area contributed by atoms with Gasteiger partial charge in [-0.2, -0.15) is 0 Å². The maximum Gasteiger partial charge on any atom is 0.119 e. The van der Waals surface area contributed by atoms with Gasteiger partial charge in [-0.3, -0.25) is 0 Å². The van der Waals surface area contributed by atoms with Crippen molar-refractivity contribution in [2.24, 2.45) is 5.92 Å². The third-order valence-corrected chi connectivity index (χ3v) is 3.95. The van der Waals surface area contributed by atoms with Gasteiger partial charge in [0.25, 0.3) is 0 Å². The maximum absolute atomic E-state index is 9.93. The van der Waals surface area contributed by atoms with Crippen LogP contribution in [0.15, 0.2) is 24.3 Å². The lowest BCUT2D eigenvalue weighted by atomic mass is 10.0. The molecule has 0 aliphatic heterocycles. The molecule has 2 N–H and O–H groups in total. The van der Waals surface area contributed by atoms with Crippen LogP contribution >= 0.6 is 0 Å². The van der Waals surface area contributed by atoms with E-state index >= 15 is 0 Å². The van der Waals surface area contributed by atoms with Gasteiger partial charge in [0, 0.05) is 12.6 Å². The summed E-state index contributed by atoms with van der Waals surface area (Å²) in [5, 5.41) is 13.3. The van der Waals surface area contributed by atoms with Crippen LogP contribution in [-0.4, -0.2) is 30.4 Å². The molecule has 20 heavy (non-hydrogen) atoms. The van der Waals surface area contributed by atoms with E-state index in [2.05, 4.69) is 45.1 Å². The highest BCUT2D eigenvalue weighted by molar-refractivity contribution is 5.27. The van der Waals surface area contributed by atoms with Gasteiger partial charge in [0.05, 0.1) is 0 Å². The van der Waals surface area contributed by atoms with E-state index in [4.69, 9.17) is 4.74 Å². The van der Waals surface area contributed by atoms with Crippen LogP contribution in [0.2, 0.25) is 0 Å². The molecular formula is C17H29NO2. The Kier molecular flexibility index (Phi) is 7.63. The Morgan fingerprint density at radius 1 is 1.15 bits per heavy atom. The number of aliphatic hydroxyl groups excluding tert-OH is 1.